The highest BCUT2D eigenvalue weighted by Crippen LogP contribution is 2.36. The van der Waals surface area contributed by atoms with Crippen LogP contribution in [0.3, 0.4) is 0 Å². The van der Waals surface area contributed by atoms with Gasteiger partial charge in [-0.1, -0.05) is 11.6 Å². The van der Waals surface area contributed by atoms with E-state index in [1.54, 1.807) is 6.07 Å². The Morgan fingerprint density at radius 2 is 1.89 bits per heavy atom. The van der Waals surface area contributed by atoms with E-state index in [0.717, 1.165) is 31.3 Å². The van der Waals surface area contributed by atoms with Gasteiger partial charge >= 0.3 is 12.4 Å². The molecule has 0 saturated carbocycles. The van der Waals surface area contributed by atoms with Gasteiger partial charge in [-0.3, -0.25) is 4.79 Å². The monoisotopic (exact) mass is 529 g/mol. The number of fused-ring (bicyclic) bond motifs is 1. The molecule has 0 bridgehead atoms. The Morgan fingerprint density at radius 3 is 2.44 bits per heavy atom. The lowest BCUT2D eigenvalue weighted by Gasteiger charge is -2.23. The van der Waals surface area contributed by atoms with E-state index in [1.807, 2.05) is 0 Å². The summed E-state index contributed by atoms with van der Waals surface area (Å²) in [6.45, 7) is 0.699. The van der Waals surface area contributed by atoms with Crippen LogP contribution in [0.1, 0.15) is 39.8 Å². The van der Waals surface area contributed by atoms with Crippen molar-refractivity contribution in [3.05, 3.63) is 69.8 Å². The van der Waals surface area contributed by atoms with Gasteiger partial charge in [0.15, 0.2) is 6.10 Å². The molecule has 0 fully saturated rings. The zero-order valence-corrected chi connectivity index (χ0v) is 18.9. The first-order valence-electron chi connectivity index (χ1n) is 10.2. The number of rotatable bonds is 4. The molecular weight excluding hydrogens is 516 g/mol. The number of benzene rings is 1. The summed E-state index contributed by atoms with van der Waals surface area (Å²) in [5, 5.41) is 13.2. The van der Waals surface area contributed by atoms with Gasteiger partial charge in [-0.25, -0.2) is 9.67 Å². The van der Waals surface area contributed by atoms with E-state index < -0.39 is 41.4 Å². The Labute approximate surface area is 204 Å². The van der Waals surface area contributed by atoms with E-state index in [1.165, 1.54) is 21.8 Å². The SMILES string of the molecule is C[C@H](Oc1ccc(C#N)c(Cl)c1C(=O)N1Cc2cn(-c3ccc(C(F)(F)F)nc3)nc2C1)C(F)(F)F. The molecule has 3 aromatic rings. The number of pyridine rings is 1. The molecule has 1 atom stereocenters. The molecule has 0 radical (unpaired) electrons. The van der Waals surface area contributed by atoms with E-state index in [4.69, 9.17) is 16.3 Å². The summed E-state index contributed by atoms with van der Waals surface area (Å²) in [5.41, 5.74) is -0.335. The Kier molecular flexibility index (Phi) is 6.34. The Hall–Kier alpha value is -3.79. The number of alkyl halides is 6. The molecule has 0 saturated heterocycles. The molecule has 0 aliphatic carbocycles. The van der Waals surface area contributed by atoms with Gasteiger partial charge in [-0.05, 0) is 31.2 Å². The van der Waals surface area contributed by atoms with Crippen molar-refractivity contribution in [2.75, 3.05) is 0 Å². The molecule has 2 aromatic heterocycles. The summed E-state index contributed by atoms with van der Waals surface area (Å²) in [5.74, 6) is -1.21. The zero-order valence-electron chi connectivity index (χ0n) is 18.2. The quantitative estimate of drug-likeness (QED) is 0.428. The smallest absolute Gasteiger partial charge is 0.433 e. The van der Waals surface area contributed by atoms with Crippen LogP contribution in [0.15, 0.2) is 36.7 Å². The van der Waals surface area contributed by atoms with Crippen LogP contribution in [-0.2, 0) is 19.3 Å². The van der Waals surface area contributed by atoms with Gasteiger partial charge in [0.05, 0.1) is 34.7 Å². The van der Waals surface area contributed by atoms with Crippen molar-refractivity contribution < 1.29 is 35.9 Å². The fourth-order valence-corrected chi connectivity index (χ4v) is 3.75. The Morgan fingerprint density at radius 1 is 1.17 bits per heavy atom. The number of carbonyl (C=O) groups is 1. The van der Waals surface area contributed by atoms with E-state index in [9.17, 15) is 36.4 Å². The maximum absolute atomic E-state index is 13.3. The van der Waals surface area contributed by atoms with Gasteiger partial charge in [0.25, 0.3) is 5.91 Å². The molecular formula is C22H14ClF6N5O2. The molecule has 36 heavy (non-hydrogen) atoms. The van der Waals surface area contributed by atoms with Crippen LogP contribution in [0.5, 0.6) is 5.75 Å². The van der Waals surface area contributed by atoms with E-state index in [-0.39, 0.29) is 29.4 Å². The standard InChI is InChI=1S/C22H14ClF6N5O2/c1-11(21(24,25)26)36-16-4-2-12(6-30)19(23)18(16)20(35)33-8-13-9-34(32-15(13)10-33)14-3-5-17(31-7-14)22(27,28)29/h2-5,7,9,11H,8,10H2,1H3/t11-/m0/s1. The molecule has 14 heteroatoms. The second-order valence-corrected chi connectivity index (χ2v) is 8.20. The summed E-state index contributed by atoms with van der Waals surface area (Å²) in [6, 6.07) is 6.00. The van der Waals surface area contributed by atoms with Crippen LogP contribution in [-0.4, -0.2) is 37.9 Å². The highest BCUT2D eigenvalue weighted by molar-refractivity contribution is 6.35. The van der Waals surface area contributed by atoms with Crippen molar-refractivity contribution in [3.8, 4) is 17.5 Å². The molecule has 0 spiro atoms. The van der Waals surface area contributed by atoms with Crippen LogP contribution in [0.2, 0.25) is 5.02 Å². The van der Waals surface area contributed by atoms with Gasteiger partial charge in [-0.15, -0.1) is 0 Å². The number of halogens is 7. The van der Waals surface area contributed by atoms with Crippen molar-refractivity contribution in [1.82, 2.24) is 19.7 Å². The number of hydrogen-bond donors (Lipinski definition) is 0. The summed E-state index contributed by atoms with van der Waals surface area (Å²) in [4.78, 5) is 17.9. The molecule has 7 nitrogen and oxygen atoms in total. The van der Waals surface area contributed by atoms with Crippen LogP contribution in [0, 0.1) is 11.3 Å². The summed E-state index contributed by atoms with van der Waals surface area (Å²) >= 11 is 6.18. The molecule has 1 amide bonds. The number of nitriles is 1. The van der Waals surface area contributed by atoms with E-state index in [2.05, 4.69) is 10.1 Å². The average Bonchev–Trinajstić information content (AvgIpc) is 3.37. The first-order chi connectivity index (χ1) is 16.8. The van der Waals surface area contributed by atoms with E-state index in [0.29, 0.717) is 11.3 Å². The number of carbonyl (C=O) groups excluding carboxylic acids is 1. The first-order valence-corrected chi connectivity index (χ1v) is 10.5. The fourth-order valence-electron chi connectivity index (χ4n) is 3.48. The lowest BCUT2D eigenvalue weighted by molar-refractivity contribution is -0.189. The second-order valence-electron chi connectivity index (χ2n) is 7.82. The molecule has 1 aliphatic heterocycles. The summed E-state index contributed by atoms with van der Waals surface area (Å²) < 4.78 is 83.6. The van der Waals surface area contributed by atoms with Crippen LogP contribution in [0.25, 0.3) is 5.69 Å². The second kappa shape index (κ2) is 9.02. The number of amides is 1. The van der Waals surface area contributed by atoms with Gasteiger partial charge in [0.2, 0.25) is 0 Å². The highest BCUT2D eigenvalue weighted by atomic mass is 35.5. The number of ether oxygens (including phenoxy) is 1. The van der Waals surface area contributed by atoms with Crippen LogP contribution in [0.4, 0.5) is 26.3 Å². The fraction of sp³-hybridized carbons (Fsp3) is 0.273. The minimum absolute atomic E-state index is 0.0103. The summed E-state index contributed by atoms with van der Waals surface area (Å²) in [7, 11) is 0. The lowest BCUT2D eigenvalue weighted by atomic mass is 10.1. The number of hydrogen-bond acceptors (Lipinski definition) is 5. The number of aromatic nitrogens is 3. The molecule has 0 unspecified atom stereocenters. The van der Waals surface area contributed by atoms with Gasteiger partial charge in [0, 0.05) is 18.3 Å². The van der Waals surface area contributed by atoms with Crippen LogP contribution < -0.4 is 4.74 Å². The predicted octanol–water partition coefficient (Wildman–Crippen LogP) is 5.30. The molecule has 1 aliphatic rings. The van der Waals surface area contributed by atoms with Crippen molar-refractivity contribution >= 4 is 17.5 Å². The topological polar surface area (TPSA) is 84.0 Å². The van der Waals surface area contributed by atoms with Crippen molar-refractivity contribution in [1.29, 1.82) is 5.26 Å². The zero-order chi connectivity index (χ0) is 26.4. The normalized spacial score (nSPS) is 14.4. The molecule has 1 aromatic carbocycles. The average molecular weight is 530 g/mol. The van der Waals surface area contributed by atoms with Crippen molar-refractivity contribution in [3.63, 3.8) is 0 Å². The maximum Gasteiger partial charge on any atom is 0.433 e. The van der Waals surface area contributed by atoms with Gasteiger partial charge in [0.1, 0.15) is 23.1 Å². The highest BCUT2D eigenvalue weighted by Gasteiger charge is 2.40. The third kappa shape index (κ3) is 4.81. The molecule has 188 valence electrons. The van der Waals surface area contributed by atoms with Crippen molar-refractivity contribution in [2.45, 2.75) is 38.5 Å². The minimum atomic E-state index is -4.71. The lowest BCUT2D eigenvalue weighted by Crippen LogP contribution is -2.33. The third-order valence-corrected chi connectivity index (χ3v) is 5.76. The molecule has 0 N–H and O–H groups in total. The van der Waals surface area contributed by atoms with Crippen LogP contribution >= 0.6 is 11.6 Å². The minimum Gasteiger partial charge on any atom is -0.480 e. The third-order valence-electron chi connectivity index (χ3n) is 5.37. The largest absolute Gasteiger partial charge is 0.480 e. The predicted molar refractivity (Wildman–Crippen MR) is 112 cm³/mol. The van der Waals surface area contributed by atoms with E-state index >= 15 is 0 Å². The molecule has 3 heterocycles. The Bertz CT molecular complexity index is 1340. The van der Waals surface area contributed by atoms with Gasteiger partial charge in [-0.2, -0.15) is 36.7 Å². The molecule has 4 rings (SSSR count). The van der Waals surface area contributed by atoms with Crippen molar-refractivity contribution in [2.24, 2.45) is 0 Å². The first kappa shape index (κ1) is 25.3. The number of nitrogens with zero attached hydrogens (tertiary/aromatic N) is 5. The van der Waals surface area contributed by atoms with Gasteiger partial charge < -0.3 is 9.64 Å². The Balaban J connectivity index is 1.58. The summed E-state index contributed by atoms with van der Waals surface area (Å²) in [6.07, 6.45) is -9.03. The maximum atomic E-state index is 13.3.